The second kappa shape index (κ2) is 2.38. The van der Waals surface area contributed by atoms with E-state index < -0.39 is 0 Å². The third-order valence-corrected chi connectivity index (χ3v) is 1.78. The summed E-state index contributed by atoms with van der Waals surface area (Å²) in [5.41, 5.74) is 2.54. The number of hydrogen-bond acceptors (Lipinski definition) is 2. The lowest BCUT2D eigenvalue weighted by Crippen LogP contribution is -2.09. The lowest BCUT2D eigenvalue weighted by atomic mass is 10.1. The van der Waals surface area contributed by atoms with Crippen LogP contribution in [0.25, 0.3) is 6.08 Å². The summed E-state index contributed by atoms with van der Waals surface area (Å²) < 4.78 is 0. The molecule has 0 fully saturated rings. The van der Waals surface area contributed by atoms with Crippen molar-refractivity contribution in [2.24, 2.45) is 0 Å². The Balaban J connectivity index is 2.51. The Morgan fingerprint density at radius 2 is 2.45 bits per heavy atom. The van der Waals surface area contributed by atoms with Gasteiger partial charge in [0.1, 0.15) is 5.82 Å². The molecule has 0 radical (unpaired) electrons. The Labute approximate surface area is 66.0 Å². The van der Waals surface area contributed by atoms with Crippen LogP contribution in [0.4, 0.5) is 5.82 Å². The average molecular weight is 146 g/mol. The van der Waals surface area contributed by atoms with Gasteiger partial charge in [0.25, 0.3) is 0 Å². The smallest absolute Gasteiger partial charge is 0.133 e. The van der Waals surface area contributed by atoms with E-state index in [0.717, 1.165) is 12.4 Å². The van der Waals surface area contributed by atoms with Crippen LogP contribution in [0.3, 0.4) is 0 Å². The first kappa shape index (κ1) is 6.40. The zero-order valence-corrected chi connectivity index (χ0v) is 6.46. The van der Waals surface area contributed by atoms with Crippen LogP contribution in [0.2, 0.25) is 0 Å². The van der Waals surface area contributed by atoms with E-state index in [1.54, 1.807) is 6.20 Å². The second-order valence-electron chi connectivity index (χ2n) is 2.79. The van der Waals surface area contributed by atoms with Crippen molar-refractivity contribution in [3.05, 3.63) is 29.5 Å². The van der Waals surface area contributed by atoms with Crippen LogP contribution in [0.5, 0.6) is 0 Å². The third-order valence-electron chi connectivity index (χ3n) is 1.78. The number of nitrogens with one attached hydrogen (secondary N) is 1. The fourth-order valence-corrected chi connectivity index (χ4v) is 1.22. The Morgan fingerprint density at radius 3 is 3.36 bits per heavy atom. The number of anilines is 1. The van der Waals surface area contributed by atoms with Gasteiger partial charge in [-0.1, -0.05) is 11.6 Å². The van der Waals surface area contributed by atoms with Gasteiger partial charge in [-0.3, -0.25) is 0 Å². The van der Waals surface area contributed by atoms with Crippen molar-refractivity contribution in [2.75, 3.05) is 11.9 Å². The molecule has 2 nitrogen and oxygen atoms in total. The number of rotatable bonds is 0. The average Bonchev–Trinajstić information content (AvgIpc) is 2.04. The maximum absolute atomic E-state index is 4.20. The largest absolute Gasteiger partial charge is 0.366 e. The molecule has 0 aliphatic carbocycles. The number of aromatic nitrogens is 1. The predicted molar refractivity (Wildman–Crippen MR) is 46.4 cm³/mol. The van der Waals surface area contributed by atoms with Crippen LogP contribution in [0, 0.1) is 0 Å². The molecular formula is C9H10N2. The van der Waals surface area contributed by atoms with E-state index in [9.17, 15) is 0 Å². The Bertz CT molecular complexity index is 302. The molecule has 1 aliphatic heterocycles. The molecule has 0 unspecified atom stereocenters. The molecule has 1 aliphatic rings. The van der Waals surface area contributed by atoms with Crippen LogP contribution in [0.1, 0.15) is 12.5 Å². The highest BCUT2D eigenvalue weighted by molar-refractivity contribution is 5.68. The van der Waals surface area contributed by atoms with Gasteiger partial charge in [-0.2, -0.15) is 0 Å². The SMILES string of the molecule is CC1=Cc2cccnc2NC1. The Morgan fingerprint density at radius 1 is 1.55 bits per heavy atom. The standard InChI is InChI=1S/C9H10N2/c1-7-5-8-3-2-4-10-9(8)11-6-7/h2-5H,6H2,1H3,(H,10,11). The molecular weight excluding hydrogens is 136 g/mol. The third kappa shape index (κ3) is 1.11. The van der Waals surface area contributed by atoms with Gasteiger partial charge in [0.2, 0.25) is 0 Å². The quantitative estimate of drug-likeness (QED) is 0.604. The second-order valence-corrected chi connectivity index (χ2v) is 2.79. The highest BCUT2D eigenvalue weighted by atomic mass is 15.0. The molecule has 1 aromatic rings. The van der Waals surface area contributed by atoms with E-state index in [-0.39, 0.29) is 0 Å². The van der Waals surface area contributed by atoms with Gasteiger partial charge in [-0.25, -0.2) is 4.98 Å². The van der Waals surface area contributed by atoms with E-state index in [2.05, 4.69) is 29.4 Å². The van der Waals surface area contributed by atoms with Crippen LogP contribution < -0.4 is 5.32 Å². The normalized spacial score (nSPS) is 14.8. The van der Waals surface area contributed by atoms with Crippen molar-refractivity contribution >= 4 is 11.9 Å². The molecule has 56 valence electrons. The zero-order chi connectivity index (χ0) is 7.68. The summed E-state index contributed by atoms with van der Waals surface area (Å²) in [6.07, 6.45) is 3.97. The Hall–Kier alpha value is -1.31. The summed E-state index contributed by atoms with van der Waals surface area (Å²) in [6.45, 7) is 3.03. The van der Waals surface area contributed by atoms with Crippen molar-refractivity contribution in [1.29, 1.82) is 0 Å². The van der Waals surface area contributed by atoms with Crippen molar-refractivity contribution < 1.29 is 0 Å². The summed E-state index contributed by atoms with van der Waals surface area (Å²) in [5.74, 6) is 0.998. The van der Waals surface area contributed by atoms with Gasteiger partial charge in [0, 0.05) is 18.3 Å². The molecule has 0 aromatic carbocycles. The van der Waals surface area contributed by atoms with Gasteiger partial charge in [-0.15, -0.1) is 0 Å². The molecule has 0 amide bonds. The molecule has 2 rings (SSSR count). The minimum atomic E-state index is 0.921. The van der Waals surface area contributed by atoms with Crippen molar-refractivity contribution in [2.45, 2.75) is 6.92 Å². The summed E-state index contributed by atoms with van der Waals surface area (Å²) in [6, 6.07) is 4.02. The molecule has 0 atom stereocenters. The minimum Gasteiger partial charge on any atom is -0.366 e. The molecule has 1 aromatic heterocycles. The van der Waals surface area contributed by atoms with Crippen molar-refractivity contribution in [1.82, 2.24) is 4.98 Å². The monoisotopic (exact) mass is 146 g/mol. The molecule has 0 bridgehead atoms. The van der Waals surface area contributed by atoms with Gasteiger partial charge < -0.3 is 5.32 Å². The first-order chi connectivity index (χ1) is 5.36. The fraction of sp³-hybridized carbons (Fsp3) is 0.222. The van der Waals surface area contributed by atoms with Gasteiger partial charge in [0.05, 0.1) is 0 Å². The molecule has 11 heavy (non-hydrogen) atoms. The lowest BCUT2D eigenvalue weighted by molar-refractivity contribution is 1.14. The number of hydrogen-bond donors (Lipinski definition) is 1. The van der Waals surface area contributed by atoms with E-state index in [1.165, 1.54) is 11.1 Å². The summed E-state index contributed by atoms with van der Waals surface area (Å²) >= 11 is 0. The zero-order valence-electron chi connectivity index (χ0n) is 6.46. The number of nitrogens with zero attached hydrogens (tertiary/aromatic N) is 1. The Kier molecular flexibility index (Phi) is 1.39. The predicted octanol–water partition coefficient (Wildman–Crippen LogP) is 1.91. The summed E-state index contributed by atoms with van der Waals surface area (Å²) in [5, 5.41) is 3.23. The van der Waals surface area contributed by atoms with Gasteiger partial charge in [0.15, 0.2) is 0 Å². The summed E-state index contributed by atoms with van der Waals surface area (Å²) in [7, 11) is 0. The molecule has 0 saturated carbocycles. The molecule has 0 saturated heterocycles. The first-order valence-electron chi connectivity index (χ1n) is 3.72. The highest BCUT2D eigenvalue weighted by Crippen LogP contribution is 2.19. The lowest BCUT2D eigenvalue weighted by Gasteiger charge is -2.14. The molecule has 0 spiro atoms. The van der Waals surface area contributed by atoms with Crippen LogP contribution >= 0.6 is 0 Å². The topological polar surface area (TPSA) is 24.9 Å². The fourth-order valence-electron chi connectivity index (χ4n) is 1.22. The van der Waals surface area contributed by atoms with Gasteiger partial charge in [-0.05, 0) is 19.1 Å². The van der Waals surface area contributed by atoms with Crippen LogP contribution in [-0.4, -0.2) is 11.5 Å². The molecule has 2 heteroatoms. The summed E-state index contributed by atoms with van der Waals surface area (Å²) in [4.78, 5) is 4.20. The number of fused-ring (bicyclic) bond motifs is 1. The molecule has 1 N–H and O–H groups in total. The van der Waals surface area contributed by atoms with E-state index >= 15 is 0 Å². The van der Waals surface area contributed by atoms with Crippen molar-refractivity contribution in [3.63, 3.8) is 0 Å². The maximum Gasteiger partial charge on any atom is 0.133 e. The van der Waals surface area contributed by atoms with Crippen LogP contribution in [0.15, 0.2) is 23.9 Å². The van der Waals surface area contributed by atoms with E-state index in [0.29, 0.717) is 0 Å². The van der Waals surface area contributed by atoms with E-state index in [1.807, 2.05) is 6.07 Å². The van der Waals surface area contributed by atoms with E-state index in [4.69, 9.17) is 0 Å². The maximum atomic E-state index is 4.20. The van der Waals surface area contributed by atoms with Gasteiger partial charge >= 0.3 is 0 Å². The highest BCUT2D eigenvalue weighted by Gasteiger charge is 2.05. The van der Waals surface area contributed by atoms with Crippen LogP contribution in [-0.2, 0) is 0 Å². The molecule has 2 heterocycles. The first-order valence-corrected chi connectivity index (χ1v) is 3.72. The van der Waals surface area contributed by atoms with Crippen molar-refractivity contribution in [3.8, 4) is 0 Å². The number of pyridine rings is 1. The minimum absolute atomic E-state index is 0.921.